The predicted octanol–water partition coefficient (Wildman–Crippen LogP) is 2.47. The van der Waals surface area contributed by atoms with Gasteiger partial charge in [-0.1, -0.05) is 18.2 Å². The first-order chi connectivity index (χ1) is 10.1. The van der Waals surface area contributed by atoms with Crippen LogP contribution in [0.4, 0.5) is 5.69 Å². The molecule has 2 aromatic rings. The van der Waals surface area contributed by atoms with Gasteiger partial charge in [-0.25, -0.2) is 0 Å². The van der Waals surface area contributed by atoms with E-state index in [1.807, 2.05) is 30.3 Å². The minimum Gasteiger partial charge on any atom is -0.424 e. The molecule has 0 atom stereocenters. The number of anilines is 1. The fourth-order valence-electron chi connectivity index (χ4n) is 1.81. The summed E-state index contributed by atoms with van der Waals surface area (Å²) in [5, 5.41) is 2.73. The third-order valence-corrected chi connectivity index (χ3v) is 2.74. The average molecular weight is 287 g/mol. The average Bonchev–Trinajstić information content (AvgIpc) is 2.44. The van der Waals surface area contributed by atoms with Gasteiger partial charge in [-0.3, -0.25) is 4.79 Å². The van der Waals surface area contributed by atoms with Gasteiger partial charge in [0.15, 0.2) is 0 Å². The highest BCUT2D eigenvalue weighted by Crippen LogP contribution is 2.23. The quantitative estimate of drug-likeness (QED) is 0.914. The molecule has 0 unspecified atom stereocenters. The van der Waals surface area contributed by atoms with Crippen molar-refractivity contribution in [1.82, 2.24) is 9.97 Å². The van der Waals surface area contributed by atoms with E-state index in [1.54, 1.807) is 13.8 Å². The summed E-state index contributed by atoms with van der Waals surface area (Å²) < 4.78 is 10.4. The van der Waals surface area contributed by atoms with Crippen molar-refractivity contribution in [2.45, 2.75) is 13.8 Å². The topological polar surface area (TPSA) is 73.3 Å². The maximum atomic E-state index is 11.6. The van der Waals surface area contributed by atoms with Crippen LogP contribution in [-0.4, -0.2) is 29.6 Å². The van der Waals surface area contributed by atoms with Crippen LogP contribution >= 0.6 is 0 Å². The molecule has 1 N–H and O–H groups in total. The van der Waals surface area contributed by atoms with Crippen LogP contribution < -0.4 is 10.1 Å². The van der Waals surface area contributed by atoms with E-state index in [0.29, 0.717) is 22.8 Å². The summed E-state index contributed by atoms with van der Waals surface area (Å²) in [5.41, 5.74) is 1.85. The number of aryl methyl sites for hydroxylation is 2. The Hall–Kier alpha value is -2.47. The largest absolute Gasteiger partial charge is 0.424 e. The Bertz CT molecular complexity index is 606. The molecule has 0 bridgehead atoms. The standard InChI is InChI=1S/C15H17N3O3/c1-10-14(18-13(19)9-20-3)11(2)17-15(16-10)21-12-7-5-4-6-8-12/h4-8H,9H2,1-3H3,(H,18,19). The lowest BCUT2D eigenvalue weighted by Crippen LogP contribution is -2.19. The third-order valence-electron chi connectivity index (χ3n) is 2.74. The van der Waals surface area contributed by atoms with Crippen LogP contribution in [-0.2, 0) is 9.53 Å². The van der Waals surface area contributed by atoms with Gasteiger partial charge in [0.2, 0.25) is 5.91 Å². The summed E-state index contributed by atoms with van der Waals surface area (Å²) >= 11 is 0. The molecule has 0 aliphatic carbocycles. The van der Waals surface area contributed by atoms with Gasteiger partial charge in [0.25, 0.3) is 0 Å². The second-order valence-electron chi connectivity index (χ2n) is 4.45. The predicted molar refractivity (Wildman–Crippen MR) is 78.5 cm³/mol. The molecule has 110 valence electrons. The molecule has 0 aliphatic rings. The number of methoxy groups -OCH3 is 1. The smallest absolute Gasteiger partial charge is 0.322 e. The molecule has 1 aromatic heterocycles. The summed E-state index contributed by atoms with van der Waals surface area (Å²) in [5.74, 6) is 0.413. The summed E-state index contributed by atoms with van der Waals surface area (Å²) in [6, 6.07) is 9.53. The second kappa shape index (κ2) is 6.81. The van der Waals surface area contributed by atoms with E-state index in [4.69, 9.17) is 9.47 Å². The minimum absolute atomic E-state index is 0.0128. The zero-order valence-corrected chi connectivity index (χ0v) is 12.2. The van der Waals surface area contributed by atoms with Gasteiger partial charge in [0.1, 0.15) is 12.4 Å². The highest BCUT2D eigenvalue weighted by molar-refractivity contribution is 5.92. The van der Waals surface area contributed by atoms with Crippen LogP contribution in [0, 0.1) is 13.8 Å². The van der Waals surface area contributed by atoms with E-state index < -0.39 is 0 Å². The van der Waals surface area contributed by atoms with Crippen molar-refractivity contribution in [3.05, 3.63) is 41.7 Å². The van der Waals surface area contributed by atoms with Crippen LogP contribution in [0.3, 0.4) is 0 Å². The lowest BCUT2D eigenvalue weighted by molar-refractivity contribution is -0.119. The van der Waals surface area contributed by atoms with Crippen LogP contribution in [0.25, 0.3) is 0 Å². The lowest BCUT2D eigenvalue weighted by Gasteiger charge is -2.12. The third kappa shape index (κ3) is 4.00. The molecule has 0 saturated heterocycles. The van der Waals surface area contributed by atoms with Gasteiger partial charge in [0.05, 0.1) is 17.1 Å². The Morgan fingerprint density at radius 2 is 1.76 bits per heavy atom. The van der Waals surface area contributed by atoms with E-state index in [2.05, 4.69) is 15.3 Å². The first-order valence-corrected chi connectivity index (χ1v) is 6.47. The molecule has 0 radical (unpaired) electrons. The first kappa shape index (κ1) is 14.9. The maximum Gasteiger partial charge on any atom is 0.322 e. The lowest BCUT2D eigenvalue weighted by atomic mass is 10.3. The van der Waals surface area contributed by atoms with Crippen molar-refractivity contribution in [2.75, 3.05) is 19.0 Å². The molecule has 0 fully saturated rings. The number of amides is 1. The highest BCUT2D eigenvalue weighted by Gasteiger charge is 2.12. The van der Waals surface area contributed by atoms with Crippen molar-refractivity contribution < 1.29 is 14.3 Å². The number of benzene rings is 1. The highest BCUT2D eigenvalue weighted by atomic mass is 16.5. The molecule has 1 amide bonds. The molecule has 0 aliphatic heterocycles. The van der Waals surface area contributed by atoms with Gasteiger partial charge in [0, 0.05) is 7.11 Å². The molecule has 2 rings (SSSR count). The first-order valence-electron chi connectivity index (χ1n) is 6.47. The Balaban J connectivity index is 2.19. The molecule has 21 heavy (non-hydrogen) atoms. The fourth-order valence-corrected chi connectivity index (χ4v) is 1.81. The number of carbonyl (C=O) groups is 1. The molecular weight excluding hydrogens is 270 g/mol. The Morgan fingerprint density at radius 3 is 2.33 bits per heavy atom. The molecule has 6 heteroatoms. The Morgan fingerprint density at radius 1 is 1.14 bits per heavy atom. The molecule has 0 saturated carbocycles. The van der Waals surface area contributed by atoms with E-state index in [9.17, 15) is 4.79 Å². The Kier molecular flexibility index (Phi) is 4.84. The van der Waals surface area contributed by atoms with E-state index in [1.165, 1.54) is 7.11 Å². The zero-order valence-electron chi connectivity index (χ0n) is 12.2. The maximum absolute atomic E-state index is 11.6. The van der Waals surface area contributed by atoms with Crippen LogP contribution in [0.15, 0.2) is 30.3 Å². The van der Waals surface area contributed by atoms with Crippen molar-refractivity contribution in [1.29, 1.82) is 0 Å². The number of hydrogen-bond acceptors (Lipinski definition) is 5. The molecule has 1 heterocycles. The van der Waals surface area contributed by atoms with Gasteiger partial charge in [-0.2, -0.15) is 9.97 Å². The number of carbonyl (C=O) groups excluding carboxylic acids is 1. The van der Waals surface area contributed by atoms with E-state index in [0.717, 1.165) is 0 Å². The number of nitrogens with zero attached hydrogens (tertiary/aromatic N) is 2. The molecule has 1 aromatic carbocycles. The monoisotopic (exact) mass is 287 g/mol. The summed E-state index contributed by atoms with van der Waals surface area (Å²) in [6.07, 6.45) is 0. The van der Waals surface area contributed by atoms with E-state index >= 15 is 0 Å². The van der Waals surface area contributed by atoms with Crippen molar-refractivity contribution in [3.8, 4) is 11.8 Å². The van der Waals surface area contributed by atoms with Crippen LogP contribution in [0.1, 0.15) is 11.4 Å². The number of nitrogens with one attached hydrogen (secondary N) is 1. The summed E-state index contributed by atoms with van der Waals surface area (Å²) in [4.78, 5) is 20.1. The second-order valence-corrected chi connectivity index (χ2v) is 4.45. The van der Waals surface area contributed by atoms with Gasteiger partial charge < -0.3 is 14.8 Å². The number of aromatic nitrogens is 2. The Labute approximate surface area is 123 Å². The number of rotatable bonds is 5. The van der Waals surface area contributed by atoms with Crippen molar-refractivity contribution in [3.63, 3.8) is 0 Å². The van der Waals surface area contributed by atoms with Gasteiger partial charge in [-0.15, -0.1) is 0 Å². The summed E-state index contributed by atoms with van der Waals surface area (Å²) in [6.45, 7) is 3.56. The molecular formula is C15H17N3O3. The van der Waals surface area contributed by atoms with E-state index in [-0.39, 0.29) is 18.5 Å². The minimum atomic E-state index is -0.246. The van der Waals surface area contributed by atoms with Crippen molar-refractivity contribution >= 4 is 11.6 Å². The molecule has 0 spiro atoms. The van der Waals surface area contributed by atoms with Crippen LogP contribution in [0.2, 0.25) is 0 Å². The summed E-state index contributed by atoms with van der Waals surface area (Å²) in [7, 11) is 1.46. The number of hydrogen-bond donors (Lipinski definition) is 1. The van der Waals surface area contributed by atoms with Gasteiger partial charge in [-0.05, 0) is 26.0 Å². The van der Waals surface area contributed by atoms with Gasteiger partial charge >= 0.3 is 6.01 Å². The van der Waals surface area contributed by atoms with Crippen LogP contribution in [0.5, 0.6) is 11.8 Å². The molecule has 6 nitrogen and oxygen atoms in total. The number of para-hydroxylation sites is 1. The fraction of sp³-hybridized carbons (Fsp3) is 0.267. The normalized spacial score (nSPS) is 10.2. The van der Waals surface area contributed by atoms with Crippen molar-refractivity contribution in [2.24, 2.45) is 0 Å². The number of ether oxygens (including phenoxy) is 2. The SMILES string of the molecule is COCC(=O)Nc1c(C)nc(Oc2ccccc2)nc1C. The zero-order chi connectivity index (χ0) is 15.2.